The van der Waals surface area contributed by atoms with Crippen LogP contribution in [-0.4, -0.2) is 31.6 Å². The molecule has 1 atom stereocenters. The molecule has 6 heteroatoms. The van der Waals surface area contributed by atoms with Crippen LogP contribution >= 0.6 is 11.8 Å². The molecule has 1 aliphatic rings. The van der Waals surface area contributed by atoms with Crippen LogP contribution in [0.25, 0.3) is 11.9 Å². The van der Waals surface area contributed by atoms with Gasteiger partial charge in [-0.2, -0.15) is 0 Å². The average Bonchev–Trinajstić information content (AvgIpc) is 3.03. The number of thioether (sulfide) groups is 1. The van der Waals surface area contributed by atoms with Gasteiger partial charge in [-0.15, -0.1) is 0 Å². The van der Waals surface area contributed by atoms with Crippen molar-refractivity contribution in [2.75, 3.05) is 0 Å². The third-order valence-corrected chi connectivity index (χ3v) is 5.37. The van der Waals surface area contributed by atoms with Gasteiger partial charge >= 0.3 is 0 Å². The molecule has 0 aliphatic carbocycles. The molecule has 3 rings (SSSR count). The van der Waals surface area contributed by atoms with E-state index in [0.717, 1.165) is 41.0 Å². The normalized spacial score (nSPS) is 17.6. The van der Waals surface area contributed by atoms with Gasteiger partial charge in [0.15, 0.2) is 0 Å². The highest BCUT2D eigenvalue weighted by atomic mass is 32.2. The monoisotopic (exact) mass is 355 g/mol. The van der Waals surface area contributed by atoms with E-state index >= 15 is 0 Å². The van der Waals surface area contributed by atoms with Crippen molar-refractivity contribution in [2.24, 2.45) is 0 Å². The zero-order valence-electron chi connectivity index (χ0n) is 14.8. The van der Waals surface area contributed by atoms with Crippen molar-refractivity contribution < 1.29 is 9.59 Å². The fraction of sp³-hybridized carbons (Fsp3) is 0.316. The Kier molecular flexibility index (Phi) is 4.81. The van der Waals surface area contributed by atoms with Crippen molar-refractivity contribution in [1.29, 1.82) is 0 Å². The largest absolute Gasteiger partial charge is 0.303 e. The van der Waals surface area contributed by atoms with Crippen LogP contribution in [0.15, 0.2) is 35.4 Å². The van der Waals surface area contributed by atoms with Crippen molar-refractivity contribution in [2.45, 2.75) is 40.2 Å². The molecule has 2 aromatic heterocycles. The predicted octanol–water partition coefficient (Wildman–Crippen LogP) is 4.32. The molecule has 1 aliphatic heterocycles. The number of imide groups is 1. The highest BCUT2D eigenvalue weighted by molar-refractivity contribution is 8.18. The molecule has 1 unspecified atom stereocenters. The quantitative estimate of drug-likeness (QED) is 0.766. The standard InChI is InChI=1S/C19H21N3O2S/c1-5-12(2)22-18(23)16(25-19(22)24)11-15-10-13(3)21(14(15)4)17-8-6-7-9-20-17/h6-12H,5H2,1-4H3/b16-11-. The Morgan fingerprint density at radius 2 is 2.04 bits per heavy atom. The molecule has 5 nitrogen and oxygen atoms in total. The topological polar surface area (TPSA) is 55.2 Å². The van der Waals surface area contributed by atoms with E-state index in [1.165, 1.54) is 4.90 Å². The molecule has 0 N–H and O–H groups in total. The number of aryl methyl sites for hydroxylation is 1. The summed E-state index contributed by atoms with van der Waals surface area (Å²) in [5, 5.41) is -0.191. The van der Waals surface area contributed by atoms with Crippen LogP contribution in [0, 0.1) is 13.8 Å². The molecule has 1 fully saturated rings. The fourth-order valence-electron chi connectivity index (χ4n) is 2.96. The number of hydrogen-bond donors (Lipinski definition) is 0. The Balaban J connectivity index is 1.98. The zero-order valence-corrected chi connectivity index (χ0v) is 15.6. The molecule has 25 heavy (non-hydrogen) atoms. The second kappa shape index (κ2) is 6.88. The summed E-state index contributed by atoms with van der Waals surface area (Å²) in [7, 11) is 0. The Labute approximate surface area is 151 Å². The lowest BCUT2D eigenvalue weighted by Gasteiger charge is -2.19. The lowest BCUT2D eigenvalue weighted by atomic mass is 10.2. The van der Waals surface area contributed by atoms with Crippen LogP contribution in [0.4, 0.5) is 4.79 Å². The molecule has 1 saturated heterocycles. The number of hydrogen-bond acceptors (Lipinski definition) is 4. The first-order valence-corrected chi connectivity index (χ1v) is 9.13. The zero-order chi connectivity index (χ0) is 18.1. The summed E-state index contributed by atoms with van der Waals surface area (Å²) in [6.07, 6.45) is 4.32. The molecule has 0 saturated carbocycles. The van der Waals surface area contributed by atoms with Crippen molar-refractivity contribution in [3.63, 3.8) is 0 Å². The van der Waals surface area contributed by atoms with Crippen LogP contribution in [0.5, 0.6) is 0 Å². The van der Waals surface area contributed by atoms with Crippen LogP contribution in [0.1, 0.15) is 37.2 Å². The summed E-state index contributed by atoms with van der Waals surface area (Å²) >= 11 is 1.01. The molecule has 3 heterocycles. The Morgan fingerprint density at radius 1 is 1.28 bits per heavy atom. The van der Waals surface area contributed by atoms with Gasteiger partial charge in [0.25, 0.3) is 11.1 Å². The predicted molar refractivity (Wildman–Crippen MR) is 101 cm³/mol. The Hall–Kier alpha value is -2.34. The van der Waals surface area contributed by atoms with Gasteiger partial charge in [-0.05, 0) is 68.8 Å². The summed E-state index contributed by atoms with van der Waals surface area (Å²) in [5.41, 5.74) is 2.95. The minimum absolute atomic E-state index is 0.0839. The summed E-state index contributed by atoms with van der Waals surface area (Å²) in [5.74, 6) is 0.636. The van der Waals surface area contributed by atoms with Gasteiger partial charge in [-0.25, -0.2) is 4.98 Å². The van der Waals surface area contributed by atoms with Crippen molar-refractivity contribution in [3.05, 3.63) is 52.3 Å². The minimum atomic E-state index is -0.202. The summed E-state index contributed by atoms with van der Waals surface area (Å²) in [6, 6.07) is 7.70. The third kappa shape index (κ3) is 3.14. The smallest absolute Gasteiger partial charge is 0.293 e. The highest BCUT2D eigenvalue weighted by Gasteiger charge is 2.37. The first-order chi connectivity index (χ1) is 11.9. The molecular weight excluding hydrogens is 334 g/mol. The number of carbonyl (C=O) groups excluding carboxylic acids is 2. The molecule has 0 spiro atoms. The van der Waals surface area contributed by atoms with E-state index in [0.29, 0.717) is 4.91 Å². The molecule has 130 valence electrons. The third-order valence-electron chi connectivity index (χ3n) is 4.49. The van der Waals surface area contributed by atoms with Gasteiger partial charge in [-0.1, -0.05) is 13.0 Å². The fourth-order valence-corrected chi connectivity index (χ4v) is 3.88. The van der Waals surface area contributed by atoms with E-state index in [4.69, 9.17) is 0 Å². The highest BCUT2D eigenvalue weighted by Crippen LogP contribution is 2.35. The second-order valence-electron chi connectivity index (χ2n) is 6.16. The van der Waals surface area contributed by atoms with Gasteiger partial charge in [0.2, 0.25) is 0 Å². The molecule has 0 aromatic carbocycles. The van der Waals surface area contributed by atoms with Crippen LogP contribution in [0.3, 0.4) is 0 Å². The molecule has 2 aromatic rings. The average molecular weight is 355 g/mol. The molecular formula is C19H21N3O2S. The molecule has 0 radical (unpaired) electrons. The maximum Gasteiger partial charge on any atom is 0.293 e. The number of pyridine rings is 1. The van der Waals surface area contributed by atoms with Crippen molar-refractivity contribution in [3.8, 4) is 5.82 Å². The lowest BCUT2D eigenvalue weighted by Crippen LogP contribution is -2.36. The Morgan fingerprint density at radius 3 is 2.68 bits per heavy atom. The Bertz CT molecular complexity index is 855. The van der Waals surface area contributed by atoms with Crippen LogP contribution in [0.2, 0.25) is 0 Å². The maximum absolute atomic E-state index is 12.6. The van der Waals surface area contributed by atoms with Crippen LogP contribution < -0.4 is 0 Å². The number of rotatable bonds is 4. The van der Waals surface area contributed by atoms with E-state index < -0.39 is 0 Å². The summed E-state index contributed by atoms with van der Waals surface area (Å²) in [6.45, 7) is 7.86. The number of carbonyl (C=O) groups is 2. The maximum atomic E-state index is 12.6. The van der Waals surface area contributed by atoms with E-state index in [-0.39, 0.29) is 17.2 Å². The van der Waals surface area contributed by atoms with Gasteiger partial charge < -0.3 is 4.57 Å². The summed E-state index contributed by atoms with van der Waals surface area (Å²) < 4.78 is 2.05. The lowest BCUT2D eigenvalue weighted by molar-refractivity contribution is -0.124. The van der Waals surface area contributed by atoms with E-state index in [1.807, 2.05) is 62.6 Å². The second-order valence-corrected chi connectivity index (χ2v) is 7.15. The van der Waals surface area contributed by atoms with E-state index in [9.17, 15) is 9.59 Å². The molecule has 2 amide bonds. The first kappa shape index (κ1) is 17.5. The number of nitrogens with zero attached hydrogens (tertiary/aromatic N) is 3. The first-order valence-electron chi connectivity index (χ1n) is 8.31. The molecule has 0 bridgehead atoms. The summed E-state index contributed by atoms with van der Waals surface area (Å²) in [4.78, 5) is 31.0. The van der Waals surface area contributed by atoms with Gasteiger partial charge in [-0.3, -0.25) is 14.5 Å². The van der Waals surface area contributed by atoms with Gasteiger partial charge in [0.1, 0.15) is 5.82 Å². The van der Waals surface area contributed by atoms with Crippen LogP contribution in [-0.2, 0) is 4.79 Å². The van der Waals surface area contributed by atoms with Crippen molar-refractivity contribution in [1.82, 2.24) is 14.5 Å². The minimum Gasteiger partial charge on any atom is -0.303 e. The van der Waals surface area contributed by atoms with Gasteiger partial charge in [0.05, 0.1) is 4.91 Å². The number of aromatic nitrogens is 2. The van der Waals surface area contributed by atoms with Gasteiger partial charge in [0, 0.05) is 23.6 Å². The van der Waals surface area contributed by atoms with E-state index in [2.05, 4.69) is 4.98 Å². The van der Waals surface area contributed by atoms with E-state index in [1.54, 1.807) is 6.20 Å². The number of amides is 2. The SMILES string of the molecule is CCC(C)N1C(=O)S/C(=C\c2cc(C)n(-c3ccccn3)c2C)C1=O. The van der Waals surface area contributed by atoms with Crippen molar-refractivity contribution >= 4 is 29.0 Å².